The summed E-state index contributed by atoms with van der Waals surface area (Å²) < 4.78 is 5.47. The highest BCUT2D eigenvalue weighted by molar-refractivity contribution is 5.87. The molecule has 4 nitrogen and oxygen atoms in total. The Bertz CT molecular complexity index is 726. The van der Waals surface area contributed by atoms with Crippen molar-refractivity contribution in [3.63, 3.8) is 0 Å². The van der Waals surface area contributed by atoms with Crippen LogP contribution < -0.4 is 5.32 Å². The monoisotopic (exact) mass is 268 g/mol. The van der Waals surface area contributed by atoms with E-state index in [9.17, 15) is 4.79 Å². The highest BCUT2D eigenvalue weighted by atomic mass is 16.3. The molecule has 0 fully saturated rings. The van der Waals surface area contributed by atoms with E-state index in [1.54, 1.807) is 6.26 Å². The summed E-state index contributed by atoms with van der Waals surface area (Å²) in [5, 5.41) is 3.90. The fraction of sp³-hybridized carbons (Fsp3) is 0.188. The molecule has 102 valence electrons. The molecule has 1 amide bonds. The van der Waals surface area contributed by atoms with Crippen molar-refractivity contribution >= 4 is 16.9 Å². The molecule has 2 N–H and O–H groups in total. The van der Waals surface area contributed by atoms with E-state index in [4.69, 9.17) is 4.42 Å². The van der Waals surface area contributed by atoms with E-state index >= 15 is 0 Å². The van der Waals surface area contributed by atoms with E-state index in [-0.39, 0.29) is 5.91 Å². The van der Waals surface area contributed by atoms with Crippen molar-refractivity contribution < 1.29 is 9.21 Å². The Labute approximate surface area is 116 Å². The zero-order valence-electron chi connectivity index (χ0n) is 11.3. The Kier molecular flexibility index (Phi) is 3.29. The van der Waals surface area contributed by atoms with Crippen molar-refractivity contribution in [2.24, 2.45) is 0 Å². The average molecular weight is 268 g/mol. The highest BCUT2D eigenvalue weighted by Crippen LogP contribution is 2.22. The molecule has 0 unspecified atom stereocenters. The lowest BCUT2D eigenvalue weighted by Gasteiger charge is -2.03. The maximum Gasteiger partial charge on any atom is 0.224 e. The van der Waals surface area contributed by atoms with Crippen LogP contribution in [0.4, 0.5) is 0 Å². The van der Waals surface area contributed by atoms with Crippen LogP contribution in [0.2, 0.25) is 0 Å². The molecule has 0 spiro atoms. The topological polar surface area (TPSA) is 58.0 Å². The molecular weight excluding hydrogens is 252 g/mol. The molecule has 0 aliphatic heterocycles. The van der Waals surface area contributed by atoms with Gasteiger partial charge in [0.25, 0.3) is 0 Å². The van der Waals surface area contributed by atoms with Crippen LogP contribution in [-0.4, -0.2) is 10.9 Å². The molecule has 0 atom stereocenters. The summed E-state index contributed by atoms with van der Waals surface area (Å²) in [6, 6.07) is 9.84. The Hall–Kier alpha value is -2.49. The number of amides is 1. The van der Waals surface area contributed by atoms with Gasteiger partial charge in [0.05, 0.1) is 19.2 Å². The Morgan fingerprint density at radius 3 is 3.05 bits per heavy atom. The molecule has 4 heteroatoms. The number of furan rings is 1. The van der Waals surface area contributed by atoms with Crippen molar-refractivity contribution in [3.05, 3.63) is 59.6 Å². The average Bonchev–Trinajstić information content (AvgIpc) is 3.07. The molecule has 1 aromatic carbocycles. The Balaban J connectivity index is 1.69. The summed E-state index contributed by atoms with van der Waals surface area (Å²) in [6.45, 7) is 2.54. The lowest BCUT2D eigenvalue weighted by atomic mass is 10.1. The number of rotatable bonds is 4. The standard InChI is InChI=1S/C16H16N2O2/c1-11-4-5-15-14(7-11)12(10-20-15)8-16(19)18-9-13-3-2-6-17-13/h2-7,10,17H,8-9H2,1H3,(H,18,19). The van der Waals surface area contributed by atoms with Crippen molar-refractivity contribution in [1.29, 1.82) is 0 Å². The van der Waals surface area contributed by atoms with E-state index in [0.29, 0.717) is 13.0 Å². The summed E-state index contributed by atoms with van der Waals surface area (Å²) >= 11 is 0. The molecule has 0 saturated carbocycles. The van der Waals surface area contributed by atoms with Gasteiger partial charge in [0.2, 0.25) is 5.91 Å². The quantitative estimate of drug-likeness (QED) is 0.764. The smallest absolute Gasteiger partial charge is 0.224 e. The van der Waals surface area contributed by atoms with Crippen molar-refractivity contribution in [2.75, 3.05) is 0 Å². The number of aromatic amines is 1. The van der Waals surface area contributed by atoms with Crippen LogP contribution in [0.25, 0.3) is 11.0 Å². The minimum Gasteiger partial charge on any atom is -0.464 e. The Morgan fingerprint density at radius 2 is 2.25 bits per heavy atom. The van der Waals surface area contributed by atoms with Gasteiger partial charge in [0.15, 0.2) is 0 Å². The lowest BCUT2D eigenvalue weighted by molar-refractivity contribution is -0.120. The molecule has 2 heterocycles. The fourth-order valence-corrected chi connectivity index (χ4v) is 2.24. The first-order chi connectivity index (χ1) is 9.72. The van der Waals surface area contributed by atoms with Gasteiger partial charge in [-0.05, 0) is 31.2 Å². The number of carbonyl (C=O) groups excluding carboxylic acids is 1. The van der Waals surface area contributed by atoms with Crippen molar-refractivity contribution in [3.8, 4) is 0 Å². The number of benzene rings is 1. The highest BCUT2D eigenvalue weighted by Gasteiger charge is 2.10. The molecule has 3 rings (SSSR count). The first kappa shape index (κ1) is 12.5. The van der Waals surface area contributed by atoms with Gasteiger partial charge >= 0.3 is 0 Å². The van der Waals surface area contributed by atoms with Crippen molar-refractivity contribution in [2.45, 2.75) is 19.9 Å². The molecule has 0 aliphatic rings. The van der Waals surface area contributed by atoms with E-state index in [0.717, 1.165) is 27.8 Å². The zero-order valence-corrected chi connectivity index (χ0v) is 11.3. The number of aromatic nitrogens is 1. The number of nitrogens with one attached hydrogen (secondary N) is 2. The number of carbonyl (C=O) groups is 1. The van der Waals surface area contributed by atoms with Crippen LogP contribution in [0.1, 0.15) is 16.8 Å². The van der Waals surface area contributed by atoms with E-state index in [1.165, 1.54) is 0 Å². The summed E-state index contributed by atoms with van der Waals surface area (Å²) in [5.74, 6) is -0.0104. The van der Waals surface area contributed by atoms with E-state index < -0.39 is 0 Å². The van der Waals surface area contributed by atoms with Gasteiger partial charge in [0.1, 0.15) is 5.58 Å². The van der Waals surface area contributed by atoms with Crippen LogP contribution >= 0.6 is 0 Å². The van der Waals surface area contributed by atoms with Gasteiger partial charge in [-0.2, -0.15) is 0 Å². The number of fused-ring (bicyclic) bond motifs is 1. The van der Waals surface area contributed by atoms with Gasteiger partial charge in [-0.3, -0.25) is 4.79 Å². The molecule has 0 aliphatic carbocycles. The summed E-state index contributed by atoms with van der Waals surface area (Å²) in [4.78, 5) is 15.0. The molecular formula is C16H16N2O2. The zero-order chi connectivity index (χ0) is 13.9. The number of aryl methyl sites for hydroxylation is 1. The summed E-state index contributed by atoms with van der Waals surface area (Å²) in [5.41, 5.74) is 3.90. The van der Waals surface area contributed by atoms with Gasteiger partial charge in [0, 0.05) is 22.8 Å². The van der Waals surface area contributed by atoms with Gasteiger partial charge < -0.3 is 14.7 Å². The number of hydrogen-bond acceptors (Lipinski definition) is 2. The number of H-pyrrole nitrogens is 1. The molecule has 0 saturated heterocycles. The first-order valence-electron chi connectivity index (χ1n) is 6.58. The largest absolute Gasteiger partial charge is 0.464 e. The van der Waals surface area contributed by atoms with Crippen LogP contribution in [0.5, 0.6) is 0 Å². The first-order valence-corrected chi connectivity index (χ1v) is 6.58. The second-order valence-corrected chi connectivity index (χ2v) is 4.91. The van der Waals surface area contributed by atoms with E-state index in [2.05, 4.69) is 10.3 Å². The predicted molar refractivity (Wildman–Crippen MR) is 77.3 cm³/mol. The fourth-order valence-electron chi connectivity index (χ4n) is 2.24. The summed E-state index contributed by atoms with van der Waals surface area (Å²) in [6.07, 6.45) is 3.84. The van der Waals surface area contributed by atoms with Crippen LogP contribution in [0.3, 0.4) is 0 Å². The minimum absolute atomic E-state index is 0.0104. The normalized spacial score (nSPS) is 10.8. The summed E-state index contributed by atoms with van der Waals surface area (Å²) in [7, 11) is 0. The number of hydrogen-bond donors (Lipinski definition) is 2. The van der Waals surface area contributed by atoms with Gasteiger partial charge in [-0.15, -0.1) is 0 Å². The maximum atomic E-state index is 12.0. The minimum atomic E-state index is -0.0104. The second kappa shape index (κ2) is 5.25. The molecule has 3 aromatic rings. The third-order valence-corrected chi connectivity index (χ3v) is 3.30. The molecule has 2 aromatic heterocycles. The van der Waals surface area contributed by atoms with Crippen molar-refractivity contribution in [1.82, 2.24) is 10.3 Å². The molecule has 0 radical (unpaired) electrons. The molecule has 20 heavy (non-hydrogen) atoms. The van der Waals surface area contributed by atoms with Crippen LogP contribution in [0, 0.1) is 6.92 Å². The van der Waals surface area contributed by atoms with Gasteiger partial charge in [-0.1, -0.05) is 11.6 Å². The lowest BCUT2D eigenvalue weighted by Crippen LogP contribution is -2.24. The second-order valence-electron chi connectivity index (χ2n) is 4.91. The SMILES string of the molecule is Cc1ccc2occ(CC(=O)NCc3ccc[nH]3)c2c1. The maximum absolute atomic E-state index is 12.0. The third kappa shape index (κ3) is 2.59. The van der Waals surface area contributed by atoms with Crippen LogP contribution in [0.15, 0.2) is 47.2 Å². The third-order valence-electron chi connectivity index (χ3n) is 3.30. The van der Waals surface area contributed by atoms with Crippen LogP contribution in [-0.2, 0) is 17.8 Å². The van der Waals surface area contributed by atoms with E-state index in [1.807, 2.05) is 43.5 Å². The van der Waals surface area contributed by atoms with Gasteiger partial charge in [-0.25, -0.2) is 0 Å². The molecule has 0 bridgehead atoms. The predicted octanol–water partition coefficient (Wildman–Crippen LogP) is 2.93. The Morgan fingerprint density at radius 1 is 1.35 bits per heavy atom.